The Hall–Kier alpha value is -1.57. The summed E-state index contributed by atoms with van der Waals surface area (Å²) in [5, 5.41) is 0. The van der Waals surface area contributed by atoms with Gasteiger partial charge in [-0.05, 0) is 18.2 Å². The number of carbonyl (C=O) groups excluding carboxylic acids is 2. The van der Waals surface area contributed by atoms with Crippen LogP contribution in [-0.4, -0.2) is 25.5 Å². The molecule has 0 bridgehead atoms. The number of amides is 1. The molecular weight excluding hydrogens is 355 g/mol. The summed E-state index contributed by atoms with van der Waals surface area (Å²) >= 11 is 3.09. The number of esters is 1. The zero-order valence-corrected chi connectivity index (χ0v) is 12.5. The lowest BCUT2D eigenvalue weighted by atomic mass is 10.1. The number of benzene rings is 1. The highest BCUT2D eigenvalue weighted by molar-refractivity contribution is 9.10. The van der Waals surface area contributed by atoms with Gasteiger partial charge in [-0.1, -0.05) is 15.9 Å². The third-order valence-corrected chi connectivity index (χ3v) is 3.71. The van der Waals surface area contributed by atoms with Crippen LogP contribution in [0.25, 0.3) is 0 Å². The van der Waals surface area contributed by atoms with Crippen molar-refractivity contribution in [3.8, 4) is 0 Å². The number of rotatable bonds is 2. The van der Waals surface area contributed by atoms with Gasteiger partial charge in [-0.15, -0.1) is 0 Å². The van der Waals surface area contributed by atoms with E-state index in [1.165, 1.54) is 19.2 Å². The Balaban J connectivity index is 2.40. The van der Waals surface area contributed by atoms with E-state index in [9.17, 15) is 22.8 Å². The van der Waals surface area contributed by atoms with Crippen LogP contribution >= 0.6 is 15.9 Å². The Bertz CT molecular complexity index is 589. The van der Waals surface area contributed by atoms with Crippen molar-refractivity contribution in [2.24, 2.45) is 5.92 Å². The number of carbonyl (C=O) groups is 2. The van der Waals surface area contributed by atoms with Crippen molar-refractivity contribution < 1.29 is 27.5 Å². The number of halogens is 4. The number of hydrogen-bond donors (Lipinski definition) is 0. The standard InChI is InChI=1S/C13H11BrF3NO3/c1-21-12(20)7-4-11(19)18(6-7)10-5-8(14)2-3-9(10)13(15,16)17/h2-3,5,7H,4,6H2,1H3. The van der Waals surface area contributed by atoms with E-state index >= 15 is 0 Å². The Kier molecular flexibility index (Phi) is 4.27. The van der Waals surface area contributed by atoms with Crippen LogP contribution in [0.5, 0.6) is 0 Å². The molecule has 0 saturated carbocycles. The first-order valence-electron chi connectivity index (χ1n) is 5.99. The van der Waals surface area contributed by atoms with Gasteiger partial charge in [0.15, 0.2) is 0 Å². The Morgan fingerprint density at radius 2 is 2.10 bits per heavy atom. The van der Waals surface area contributed by atoms with E-state index in [0.29, 0.717) is 4.47 Å². The summed E-state index contributed by atoms with van der Waals surface area (Å²) in [6.07, 6.45) is -4.74. The molecule has 1 atom stereocenters. The minimum atomic E-state index is -4.58. The second-order valence-electron chi connectivity index (χ2n) is 4.59. The molecule has 1 aromatic rings. The van der Waals surface area contributed by atoms with Crippen LogP contribution in [0.1, 0.15) is 12.0 Å². The van der Waals surface area contributed by atoms with Gasteiger partial charge in [0.2, 0.25) is 5.91 Å². The molecule has 0 N–H and O–H groups in total. The molecule has 4 nitrogen and oxygen atoms in total. The molecule has 8 heteroatoms. The summed E-state index contributed by atoms with van der Waals surface area (Å²) in [4.78, 5) is 24.4. The third-order valence-electron chi connectivity index (χ3n) is 3.22. The molecule has 2 rings (SSSR count). The van der Waals surface area contributed by atoms with E-state index in [1.54, 1.807) is 0 Å². The van der Waals surface area contributed by atoms with Crippen LogP contribution < -0.4 is 4.90 Å². The molecule has 1 unspecified atom stereocenters. The molecule has 0 radical (unpaired) electrons. The quantitative estimate of drug-likeness (QED) is 0.757. The summed E-state index contributed by atoms with van der Waals surface area (Å²) < 4.78 is 44.1. The van der Waals surface area contributed by atoms with Crippen molar-refractivity contribution in [1.29, 1.82) is 0 Å². The fraction of sp³-hybridized carbons (Fsp3) is 0.385. The number of alkyl halides is 3. The summed E-state index contributed by atoms with van der Waals surface area (Å²) in [6.45, 7) is -0.120. The molecular formula is C13H11BrF3NO3. The molecule has 1 aliphatic heterocycles. The van der Waals surface area contributed by atoms with Crippen LogP contribution in [0.4, 0.5) is 18.9 Å². The average Bonchev–Trinajstić information content (AvgIpc) is 2.78. The third kappa shape index (κ3) is 3.20. The molecule has 1 aliphatic rings. The molecule has 0 aromatic heterocycles. The molecule has 114 valence electrons. The van der Waals surface area contributed by atoms with Gasteiger partial charge < -0.3 is 9.64 Å². The maximum absolute atomic E-state index is 13.0. The minimum absolute atomic E-state index is 0.120. The van der Waals surface area contributed by atoms with E-state index in [4.69, 9.17) is 0 Å². The van der Waals surface area contributed by atoms with Crippen LogP contribution in [0.2, 0.25) is 0 Å². The molecule has 0 spiro atoms. The lowest BCUT2D eigenvalue weighted by Gasteiger charge is -2.21. The number of anilines is 1. The highest BCUT2D eigenvalue weighted by Gasteiger charge is 2.41. The van der Waals surface area contributed by atoms with Crippen molar-refractivity contribution in [1.82, 2.24) is 0 Å². The lowest BCUT2D eigenvalue weighted by molar-refractivity contribution is -0.145. The number of hydrogen-bond acceptors (Lipinski definition) is 3. The maximum Gasteiger partial charge on any atom is 0.418 e. The van der Waals surface area contributed by atoms with Gasteiger partial charge >= 0.3 is 12.1 Å². The van der Waals surface area contributed by atoms with Gasteiger partial charge in [0.1, 0.15) is 0 Å². The highest BCUT2D eigenvalue weighted by Crippen LogP contribution is 2.40. The number of methoxy groups -OCH3 is 1. The molecule has 1 heterocycles. The van der Waals surface area contributed by atoms with Gasteiger partial charge in [-0.25, -0.2) is 0 Å². The summed E-state index contributed by atoms with van der Waals surface area (Å²) in [5.41, 5.74) is -1.17. The van der Waals surface area contributed by atoms with E-state index in [0.717, 1.165) is 11.0 Å². The summed E-state index contributed by atoms with van der Waals surface area (Å²) in [6, 6.07) is 3.38. The van der Waals surface area contributed by atoms with Crippen LogP contribution in [0, 0.1) is 5.92 Å². The zero-order chi connectivity index (χ0) is 15.8. The fourth-order valence-corrected chi connectivity index (χ4v) is 2.58. The van der Waals surface area contributed by atoms with Crippen molar-refractivity contribution in [3.63, 3.8) is 0 Å². The van der Waals surface area contributed by atoms with Crippen molar-refractivity contribution in [3.05, 3.63) is 28.2 Å². The first-order chi connectivity index (χ1) is 9.74. The Labute approximate surface area is 127 Å². The Morgan fingerprint density at radius 1 is 1.43 bits per heavy atom. The fourth-order valence-electron chi connectivity index (χ4n) is 2.23. The molecule has 0 aliphatic carbocycles. The molecule has 21 heavy (non-hydrogen) atoms. The van der Waals surface area contributed by atoms with Crippen LogP contribution in [-0.2, 0) is 20.5 Å². The number of nitrogens with zero attached hydrogens (tertiary/aromatic N) is 1. The summed E-state index contributed by atoms with van der Waals surface area (Å²) in [7, 11) is 1.18. The van der Waals surface area contributed by atoms with E-state index < -0.39 is 29.5 Å². The minimum Gasteiger partial charge on any atom is -0.469 e. The summed E-state index contributed by atoms with van der Waals surface area (Å²) in [5.74, 6) is -1.88. The largest absolute Gasteiger partial charge is 0.469 e. The van der Waals surface area contributed by atoms with E-state index in [2.05, 4.69) is 20.7 Å². The second kappa shape index (κ2) is 5.67. The van der Waals surface area contributed by atoms with Crippen LogP contribution in [0.15, 0.2) is 22.7 Å². The molecule has 1 saturated heterocycles. The average molecular weight is 366 g/mol. The zero-order valence-electron chi connectivity index (χ0n) is 10.9. The topological polar surface area (TPSA) is 46.6 Å². The first kappa shape index (κ1) is 15.8. The lowest BCUT2D eigenvalue weighted by Crippen LogP contribution is -2.28. The van der Waals surface area contributed by atoms with Gasteiger partial charge in [0.05, 0.1) is 24.3 Å². The molecule has 1 fully saturated rings. The predicted molar refractivity (Wildman–Crippen MR) is 71.6 cm³/mol. The smallest absolute Gasteiger partial charge is 0.418 e. The predicted octanol–water partition coefficient (Wildman–Crippen LogP) is 2.99. The van der Waals surface area contributed by atoms with Gasteiger partial charge in [-0.3, -0.25) is 9.59 Å². The van der Waals surface area contributed by atoms with Crippen LogP contribution in [0.3, 0.4) is 0 Å². The number of ether oxygens (including phenoxy) is 1. The van der Waals surface area contributed by atoms with E-state index in [-0.39, 0.29) is 18.7 Å². The highest BCUT2D eigenvalue weighted by atomic mass is 79.9. The monoisotopic (exact) mass is 365 g/mol. The normalized spacial score (nSPS) is 19.0. The van der Waals surface area contributed by atoms with Gasteiger partial charge in [0.25, 0.3) is 0 Å². The second-order valence-corrected chi connectivity index (χ2v) is 5.50. The van der Waals surface area contributed by atoms with Gasteiger partial charge in [0, 0.05) is 17.4 Å². The van der Waals surface area contributed by atoms with E-state index in [1.807, 2.05) is 0 Å². The Morgan fingerprint density at radius 3 is 2.67 bits per heavy atom. The molecule has 1 amide bonds. The SMILES string of the molecule is COC(=O)C1CC(=O)N(c2cc(Br)ccc2C(F)(F)F)C1. The molecule has 1 aromatic carbocycles. The first-order valence-corrected chi connectivity index (χ1v) is 6.78. The van der Waals surface area contributed by atoms with Crippen molar-refractivity contribution in [2.75, 3.05) is 18.6 Å². The van der Waals surface area contributed by atoms with Crippen molar-refractivity contribution in [2.45, 2.75) is 12.6 Å². The maximum atomic E-state index is 13.0. The van der Waals surface area contributed by atoms with Crippen molar-refractivity contribution >= 4 is 33.5 Å². The van der Waals surface area contributed by atoms with Gasteiger partial charge in [-0.2, -0.15) is 13.2 Å².